The number of unbranched alkanes of at least 4 members (excludes halogenated alkanes) is 1. The van der Waals surface area contributed by atoms with Gasteiger partial charge in [0.1, 0.15) is 0 Å². The van der Waals surface area contributed by atoms with Gasteiger partial charge in [-0.15, -0.1) is 0 Å². The van der Waals surface area contributed by atoms with Gasteiger partial charge in [0.25, 0.3) is 0 Å². The van der Waals surface area contributed by atoms with Crippen molar-refractivity contribution in [1.82, 2.24) is 14.5 Å². The van der Waals surface area contributed by atoms with E-state index in [0.29, 0.717) is 12.6 Å². The van der Waals surface area contributed by atoms with E-state index in [-0.39, 0.29) is 0 Å². The molecule has 4 nitrogen and oxygen atoms in total. The summed E-state index contributed by atoms with van der Waals surface area (Å²) in [5.41, 5.74) is 10.3. The zero-order valence-electron chi connectivity index (χ0n) is 12.7. The fourth-order valence-electron chi connectivity index (χ4n) is 3.30. The summed E-state index contributed by atoms with van der Waals surface area (Å²) in [6.45, 7) is 6.12. The fraction of sp³-hybridized carbons (Fsp3) is 0.471. The smallest absolute Gasteiger partial charge is 0.0945 e. The molecule has 1 aromatic heterocycles. The molecule has 2 heterocycles. The summed E-state index contributed by atoms with van der Waals surface area (Å²) in [5.74, 6) is 0. The van der Waals surface area contributed by atoms with Crippen molar-refractivity contribution in [2.24, 2.45) is 5.73 Å². The number of fused-ring (bicyclic) bond motifs is 1. The molecule has 0 fully saturated rings. The molecule has 1 atom stereocenters. The van der Waals surface area contributed by atoms with Crippen LogP contribution in [0.25, 0.3) is 0 Å². The molecular formula is C17H24N4. The minimum atomic E-state index is 0.396. The second-order valence-electron chi connectivity index (χ2n) is 5.87. The van der Waals surface area contributed by atoms with Gasteiger partial charge in [-0.2, -0.15) is 0 Å². The van der Waals surface area contributed by atoms with Crippen LogP contribution in [-0.2, 0) is 13.1 Å². The summed E-state index contributed by atoms with van der Waals surface area (Å²) in [4.78, 5) is 6.61. The lowest BCUT2D eigenvalue weighted by molar-refractivity contribution is 0.214. The normalized spacial score (nSPS) is 18.1. The molecule has 0 saturated carbocycles. The molecule has 0 aliphatic carbocycles. The van der Waals surface area contributed by atoms with E-state index in [9.17, 15) is 0 Å². The molecule has 112 valence electrons. The Labute approximate surface area is 126 Å². The minimum Gasteiger partial charge on any atom is -0.337 e. The van der Waals surface area contributed by atoms with Crippen LogP contribution in [0, 0.1) is 6.92 Å². The van der Waals surface area contributed by atoms with Gasteiger partial charge in [-0.1, -0.05) is 18.2 Å². The minimum absolute atomic E-state index is 0.396. The van der Waals surface area contributed by atoms with E-state index in [1.165, 1.54) is 29.5 Å². The number of hydrogen-bond acceptors (Lipinski definition) is 3. The highest BCUT2D eigenvalue weighted by Crippen LogP contribution is 2.34. The fourth-order valence-corrected chi connectivity index (χ4v) is 3.30. The Morgan fingerprint density at radius 2 is 2.14 bits per heavy atom. The summed E-state index contributed by atoms with van der Waals surface area (Å²) in [6, 6.07) is 6.99. The Bertz CT molecular complexity index is 576. The van der Waals surface area contributed by atoms with E-state index in [4.69, 9.17) is 5.73 Å². The zero-order valence-corrected chi connectivity index (χ0v) is 12.7. The Morgan fingerprint density at radius 3 is 2.90 bits per heavy atom. The third-order valence-electron chi connectivity index (χ3n) is 4.50. The Hall–Kier alpha value is -1.65. The summed E-state index contributed by atoms with van der Waals surface area (Å²) in [7, 11) is 0. The number of nitrogens with two attached hydrogens (primary N) is 1. The monoisotopic (exact) mass is 284 g/mol. The van der Waals surface area contributed by atoms with Crippen LogP contribution >= 0.6 is 0 Å². The van der Waals surface area contributed by atoms with E-state index < -0.39 is 0 Å². The maximum atomic E-state index is 6.02. The molecule has 3 rings (SSSR count). The highest BCUT2D eigenvalue weighted by atomic mass is 15.2. The lowest BCUT2D eigenvalue weighted by Gasteiger charge is -2.23. The number of aromatic nitrogens is 2. The van der Waals surface area contributed by atoms with Gasteiger partial charge in [0, 0.05) is 38.1 Å². The van der Waals surface area contributed by atoms with Crippen molar-refractivity contribution < 1.29 is 0 Å². The molecule has 2 N–H and O–H groups in total. The molecule has 1 aromatic carbocycles. The van der Waals surface area contributed by atoms with E-state index in [0.717, 1.165) is 19.6 Å². The van der Waals surface area contributed by atoms with Crippen molar-refractivity contribution in [2.75, 3.05) is 13.1 Å². The highest BCUT2D eigenvalue weighted by molar-refractivity contribution is 5.40. The maximum Gasteiger partial charge on any atom is 0.0945 e. The molecule has 2 aromatic rings. The molecule has 1 unspecified atom stereocenters. The van der Waals surface area contributed by atoms with Gasteiger partial charge in [0.05, 0.1) is 6.33 Å². The molecule has 0 radical (unpaired) electrons. The van der Waals surface area contributed by atoms with Gasteiger partial charge in [-0.05, 0) is 43.0 Å². The van der Waals surface area contributed by atoms with Gasteiger partial charge in [0.2, 0.25) is 0 Å². The first-order chi connectivity index (χ1) is 10.3. The first-order valence-corrected chi connectivity index (χ1v) is 7.78. The van der Waals surface area contributed by atoms with Gasteiger partial charge >= 0.3 is 0 Å². The van der Waals surface area contributed by atoms with Crippen LogP contribution in [0.3, 0.4) is 0 Å². The molecule has 0 spiro atoms. The van der Waals surface area contributed by atoms with Crippen LogP contribution in [-0.4, -0.2) is 27.5 Å². The summed E-state index contributed by atoms with van der Waals surface area (Å²) < 4.78 is 2.14. The Morgan fingerprint density at radius 1 is 1.29 bits per heavy atom. The molecule has 1 aliphatic heterocycles. The SMILES string of the molecule is Cc1cccc2c1CN(CCCCn1ccnc1)C2CN. The predicted molar refractivity (Wildman–Crippen MR) is 84.8 cm³/mol. The highest BCUT2D eigenvalue weighted by Gasteiger charge is 2.29. The van der Waals surface area contributed by atoms with E-state index >= 15 is 0 Å². The average molecular weight is 284 g/mol. The van der Waals surface area contributed by atoms with E-state index in [2.05, 4.69) is 39.6 Å². The molecule has 21 heavy (non-hydrogen) atoms. The van der Waals surface area contributed by atoms with Crippen molar-refractivity contribution >= 4 is 0 Å². The van der Waals surface area contributed by atoms with Crippen molar-refractivity contribution in [2.45, 2.75) is 38.9 Å². The molecular weight excluding hydrogens is 260 g/mol. The van der Waals surface area contributed by atoms with Crippen LogP contribution in [0.1, 0.15) is 35.6 Å². The second-order valence-corrected chi connectivity index (χ2v) is 5.87. The number of rotatable bonds is 6. The van der Waals surface area contributed by atoms with Crippen molar-refractivity contribution in [3.05, 3.63) is 53.6 Å². The second kappa shape index (κ2) is 6.41. The van der Waals surface area contributed by atoms with Crippen molar-refractivity contribution in [3.8, 4) is 0 Å². The van der Waals surface area contributed by atoms with Gasteiger partial charge < -0.3 is 10.3 Å². The van der Waals surface area contributed by atoms with Crippen molar-refractivity contribution in [1.29, 1.82) is 0 Å². The molecule has 0 bridgehead atoms. The topological polar surface area (TPSA) is 47.1 Å². The molecule has 0 saturated heterocycles. The van der Waals surface area contributed by atoms with Gasteiger partial charge in [0.15, 0.2) is 0 Å². The summed E-state index contributed by atoms with van der Waals surface area (Å²) in [5, 5.41) is 0. The standard InChI is InChI=1S/C17H24N4/c1-14-5-4-6-15-16(14)12-21(17(15)11-18)9-3-2-8-20-10-7-19-13-20/h4-7,10,13,17H,2-3,8-9,11-12,18H2,1H3. The summed E-state index contributed by atoms with van der Waals surface area (Å²) in [6.07, 6.45) is 8.13. The largest absolute Gasteiger partial charge is 0.337 e. The summed E-state index contributed by atoms with van der Waals surface area (Å²) >= 11 is 0. The predicted octanol–water partition coefficient (Wildman–Crippen LogP) is 2.49. The van der Waals surface area contributed by atoms with Crippen LogP contribution in [0.4, 0.5) is 0 Å². The third kappa shape index (κ3) is 3.01. The van der Waals surface area contributed by atoms with E-state index in [1.807, 2.05) is 18.7 Å². The van der Waals surface area contributed by atoms with Crippen LogP contribution in [0.2, 0.25) is 0 Å². The van der Waals surface area contributed by atoms with Gasteiger partial charge in [-0.25, -0.2) is 4.98 Å². The quantitative estimate of drug-likeness (QED) is 0.829. The number of nitrogens with zero attached hydrogens (tertiary/aromatic N) is 3. The maximum absolute atomic E-state index is 6.02. The number of aryl methyl sites for hydroxylation is 2. The van der Waals surface area contributed by atoms with Crippen LogP contribution in [0.15, 0.2) is 36.9 Å². The third-order valence-corrected chi connectivity index (χ3v) is 4.50. The average Bonchev–Trinajstić information content (AvgIpc) is 3.11. The number of imidazole rings is 1. The molecule has 0 amide bonds. The molecule has 1 aliphatic rings. The van der Waals surface area contributed by atoms with Gasteiger partial charge in [-0.3, -0.25) is 4.90 Å². The molecule has 4 heteroatoms. The lowest BCUT2D eigenvalue weighted by atomic mass is 10.0. The van der Waals surface area contributed by atoms with Crippen molar-refractivity contribution in [3.63, 3.8) is 0 Å². The Balaban J connectivity index is 1.56. The van der Waals surface area contributed by atoms with Crippen LogP contribution < -0.4 is 5.73 Å². The first-order valence-electron chi connectivity index (χ1n) is 7.78. The first kappa shape index (κ1) is 14.3. The number of hydrogen-bond donors (Lipinski definition) is 1. The lowest BCUT2D eigenvalue weighted by Crippen LogP contribution is -2.29. The Kier molecular flexibility index (Phi) is 4.36. The number of benzene rings is 1. The van der Waals surface area contributed by atoms with E-state index in [1.54, 1.807) is 0 Å². The zero-order chi connectivity index (χ0) is 14.7. The van der Waals surface area contributed by atoms with Crippen LogP contribution in [0.5, 0.6) is 0 Å².